The molecule has 6 unspecified atom stereocenters. The van der Waals surface area contributed by atoms with E-state index in [0.717, 1.165) is 29.9 Å². The van der Waals surface area contributed by atoms with Crippen LogP contribution in [0.15, 0.2) is 42.5 Å². The first kappa shape index (κ1) is 16.1. The van der Waals surface area contributed by atoms with Gasteiger partial charge in [-0.1, -0.05) is 49.6 Å². The number of nitrogens with one attached hydrogen (secondary N) is 1. The van der Waals surface area contributed by atoms with E-state index in [-0.39, 0.29) is 5.92 Å². The molecule has 4 aliphatic rings. The molecule has 1 heterocycles. The maximum Gasteiger partial charge on any atom is 0.244 e. The Kier molecular flexibility index (Phi) is 3.62. The zero-order valence-electron chi connectivity index (χ0n) is 15.8. The number of carbonyl (C=O) groups is 1. The topological polar surface area (TPSA) is 32.3 Å². The van der Waals surface area contributed by atoms with Crippen LogP contribution < -0.4 is 10.4 Å². The van der Waals surface area contributed by atoms with Gasteiger partial charge in [0.15, 0.2) is 0 Å². The van der Waals surface area contributed by atoms with Gasteiger partial charge < -0.3 is 0 Å². The highest BCUT2D eigenvalue weighted by atomic mass is 16.2. The first-order valence-electron chi connectivity index (χ1n) is 10.9. The molecular formula is C24H28N2O. The van der Waals surface area contributed by atoms with Crippen molar-refractivity contribution in [2.45, 2.75) is 51.0 Å². The molecule has 2 aromatic rings. The number of rotatable bonds is 1. The molecule has 27 heavy (non-hydrogen) atoms. The number of fused-ring (bicyclic) bond motifs is 4. The average Bonchev–Trinajstić information content (AvgIpc) is 3.05. The van der Waals surface area contributed by atoms with Crippen molar-refractivity contribution in [1.82, 2.24) is 5.43 Å². The van der Waals surface area contributed by atoms with Gasteiger partial charge in [0.1, 0.15) is 0 Å². The predicted octanol–water partition coefficient (Wildman–Crippen LogP) is 4.91. The Morgan fingerprint density at radius 2 is 1.59 bits per heavy atom. The first-order chi connectivity index (χ1) is 13.3. The van der Waals surface area contributed by atoms with Gasteiger partial charge in [-0.25, -0.2) is 10.4 Å². The van der Waals surface area contributed by atoms with Crippen LogP contribution in [0.2, 0.25) is 0 Å². The van der Waals surface area contributed by atoms with Gasteiger partial charge >= 0.3 is 0 Å². The highest BCUT2D eigenvalue weighted by Gasteiger charge is 2.58. The first-order valence-corrected chi connectivity index (χ1v) is 10.9. The summed E-state index contributed by atoms with van der Waals surface area (Å²) in [4.78, 5) is 13.5. The fourth-order valence-corrected chi connectivity index (χ4v) is 7.09. The molecule has 6 rings (SSSR count). The van der Waals surface area contributed by atoms with E-state index in [2.05, 4.69) is 47.9 Å². The molecule has 0 spiro atoms. The Hall–Kier alpha value is -1.87. The van der Waals surface area contributed by atoms with E-state index >= 15 is 0 Å². The van der Waals surface area contributed by atoms with Gasteiger partial charge in [-0.2, -0.15) is 0 Å². The predicted molar refractivity (Wildman–Crippen MR) is 108 cm³/mol. The molecule has 2 aromatic carbocycles. The lowest BCUT2D eigenvalue weighted by molar-refractivity contribution is -0.130. The molecular weight excluding hydrogens is 332 g/mol. The molecule has 1 amide bonds. The molecule has 3 heteroatoms. The van der Waals surface area contributed by atoms with Crippen molar-refractivity contribution < 1.29 is 4.79 Å². The summed E-state index contributed by atoms with van der Waals surface area (Å²) in [5.74, 6) is 3.53. The number of amides is 1. The molecule has 0 radical (unpaired) electrons. The number of hydrazine groups is 1. The average molecular weight is 361 g/mol. The zero-order chi connectivity index (χ0) is 18.0. The minimum absolute atomic E-state index is 0.229. The highest BCUT2D eigenvalue weighted by molar-refractivity contribution is 5.98. The molecule has 3 saturated carbocycles. The molecule has 6 atom stereocenters. The Balaban J connectivity index is 1.40. The third-order valence-electron chi connectivity index (χ3n) is 8.12. The van der Waals surface area contributed by atoms with Crippen LogP contribution in [-0.2, 0) is 4.79 Å². The van der Waals surface area contributed by atoms with E-state index in [1.54, 1.807) is 0 Å². The summed E-state index contributed by atoms with van der Waals surface area (Å²) in [6, 6.07) is 15.3. The summed E-state index contributed by atoms with van der Waals surface area (Å²) in [5.41, 5.74) is 4.77. The van der Waals surface area contributed by atoms with Crippen LogP contribution in [-0.4, -0.2) is 11.9 Å². The van der Waals surface area contributed by atoms with Gasteiger partial charge in [0.25, 0.3) is 0 Å². The van der Waals surface area contributed by atoms with Crippen molar-refractivity contribution in [3.05, 3.63) is 42.5 Å². The lowest BCUT2D eigenvalue weighted by atomic mass is 9.68. The standard InChI is InChI=1S/C24H28N2O/c27-24-21-11-5-10-19-18-8-3-4-9-20(18)23(22(19)21)25-26(24)17-13-12-15-6-1-2-7-16(15)14-17/h1-2,6-7,12-14,18-23,25H,3-5,8-11H2. The van der Waals surface area contributed by atoms with Crippen molar-refractivity contribution in [2.75, 3.05) is 5.01 Å². The van der Waals surface area contributed by atoms with Gasteiger partial charge in [-0.3, -0.25) is 4.79 Å². The highest BCUT2D eigenvalue weighted by Crippen LogP contribution is 2.57. The Labute approximate surface area is 161 Å². The smallest absolute Gasteiger partial charge is 0.244 e. The minimum Gasteiger partial charge on any atom is -0.273 e. The molecule has 1 N–H and O–H groups in total. The SMILES string of the molecule is O=C1C2CCCC3C4CCCCC4C(NN1c1ccc4ccccc4c1)C23. The van der Waals surface area contributed by atoms with Crippen LogP contribution in [0.5, 0.6) is 0 Å². The van der Waals surface area contributed by atoms with Crippen molar-refractivity contribution >= 4 is 22.4 Å². The van der Waals surface area contributed by atoms with Gasteiger partial charge in [0.2, 0.25) is 5.91 Å². The van der Waals surface area contributed by atoms with Crippen LogP contribution in [0.3, 0.4) is 0 Å². The zero-order valence-corrected chi connectivity index (χ0v) is 15.8. The maximum absolute atomic E-state index is 13.5. The van der Waals surface area contributed by atoms with E-state index in [4.69, 9.17) is 0 Å². The van der Waals surface area contributed by atoms with Crippen LogP contribution in [0.1, 0.15) is 44.9 Å². The van der Waals surface area contributed by atoms with Crippen LogP contribution in [0, 0.1) is 29.6 Å². The lowest BCUT2D eigenvalue weighted by Gasteiger charge is -2.46. The van der Waals surface area contributed by atoms with E-state index < -0.39 is 0 Å². The van der Waals surface area contributed by atoms with Crippen LogP contribution >= 0.6 is 0 Å². The van der Waals surface area contributed by atoms with E-state index in [0.29, 0.717) is 17.9 Å². The van der Waals surface area contributed by atoms with Crippen LogP contribution in [0.4, 0.5) is 5.69 Å². The Morgan fingerprint density at radius 3 is 2.48 bits per heavy atom. The lowest BCUT2D eigenvalue weighted by Crippen LogP contribution is -2.62. The minimum atomic E-state index is 0.229. The van der Waals surface area contributed by atoms with Gasteiger partial charge in [0.05, 0.1) is 5.69 Å². The Bertz CT molecular complexity index is 893. The summed E-state index contributed by atoms with van der Waals surface area (Å²) in [7, 11) is 0. The van der Waals surface area contributed by atoms with E-state index in [9.17, 15) is 4.79 Å². The second-order valence-corrected chi connectivity index (χ2v) is 9.25. The van der Waals surface area contributed by atoms with Crippen LogP contribution in [0.25, 0.3) is 10.8 Å². The van der Waals surface area contributed by atoms with Gasteiger partial charge in [-0.05, 0) is 72.3 Å². The van der Waals surface area contributed by atoms with Crippen molar-refractivity contribution in [3.8, 4) is 0 Å². The van der Waals surface area contributed by atoms with Gasteiger partial charge in [0, 0.05) is 12.0 Å². The Morgan fingerprint density at radius 1 is 0.815 bits per heavy atom. The molecule has 4 fully saturated rings. The molecule has 0 bridgehead atoms. The fourth-order valence-electron chi connectivity index (χ4n) is 7.09. The molecule has 140 valence electrons. The third kappa shape index (κ3) is 2.34. The normalized spacial score (nSPS) is 37.9. The molecule has 1 saturated heterocycles. The summed E-state index contributed by atoms with van der Waals surface area (Å²) in [5, 5.41) is 4.36. The molecule has 3 nitrogen and oxygen atoms in total. The summed E-state index contributed by atoms with van der Waals surface area (Å²) >= 11 is 0. The second kappa shape index (κ2) is 6.07. The van der Waals surface area contributed by atoms with Crippen molar-refractivity contribution in [1.29, 1.82) is 0 Å². The summed E-state index contributed by atoms with van der Waals surface area (Å²) in [6.07, 6.45) is 9.17. The van der Waals surface area contributed by atoms with E-state index in [1.165, 1.54) is 49.3 Å². The monoisotopic (exact) mass is 360 g/mol. The number of anilines is 1. The van der Waals surface area contributed by atoms with Gasteiger partial charge in [-0.15, -0.1) is 0 Å². The molecule has 3 aliphatic carbocycles. The number of hydrogen-bond acceptors (Lipinski definition) is 2. The fraction of sp³-hybridized carbons (Fsp3) is 0.542. The van der Waals surface area contributed by atoms with E-state index in [1.807, 2.05) is 5.01 Å². The molecule has 0 aromatic heterocycles. The third-order valence-corrected chi connectivity index (χ3v) is 8.12. The largest absolute Gasteiger partial charge is 0.273 e. The second-order valence-electron chi connectivity index (χ2n) is 9.25. The number of hydrogen-bond donors (Lipinski definition) is 1. The number of benzene rings is 2. The quantitative estimate of drug-likeness (QED) is 0.783. The number of nitrogens with zero attached hydrogens (tertiary/aromatic N) is 1. The maximum atomic E-state index is 13.5. The van der Waals surface area contributed by atoms with Crippen molar-refractivity contribution in [3.63, 3.8) is 0 Å². The number of carbonyl (C=O) groups excluding carboxylic acids is 1. The molecule has 1 aliphatic heterocycles. The van der Waals surface area contributed by atoms with Crippen molar-refractivity contribution in [2.24, 2.45) is 29.6 Å². The summed E-state index contributed by atoms with van der Waals surface area (Å²) in [6.45, 7) is 0. The summed E-state index contributed by atoms with van der Waals surface area (Å²) < 4.78 is 0.